The molecule has 0 saturated carbocycles. The molecule has 26 heavy (non-hydrogen) atoms. The van der Waals surface area contributed by atoms with Crippen molar-refractivity contribution in [2.45, 2.75) is 13.2 Å². The van der Waals surface area contributed by atoms with Crippen LogP contribution in [0.5, 0.6) is 11.5 Å². The van der Waals surface area contributed by atoms with Crippen LogP contribution in [0, 0.1) is 0 Å². The lowest BCUT2D eigenvalue weighted by Crippen LogP contribution is -2.05. The molecule has 0 atom stereocenters. The predicted molar refractivity (Wildman–Crippen MR) is 87.9 cm³/mol. The van der Waals surface area contributed by atoms with Crippen LogP contribution < -0.4 is 10.2 Å². The number of nitrogens with zero attached hydrogens (tertiary/aromatic N) is 3. The van der Waals surface area contributed by atoms with Crippen LogP contribution in [0.25, 0.3) is 0 Å². The lowest BCUT2D eigenvalue weighted by Gasteiger charge is -2.04. The molecule has 1 N–H and O–H groups in total. The summed E-state index contributed by atoms with van der Waals surface area (Å²) in [5.74, 6) is 0.0420. The van der Waals surface area contributed by atoms with Crippen molar-refractivity contribution in [2.75, 3.05) is 7.11 Å². The zero-order chi connectivity index (χ0) is 18.5. The van der Waals surface area contributed by atoms with Crippen molar-refractivity contribution in [1.82, 2.24) is 15.0 Å². The quantitative estimate of drug-likeness (QED) is 0.657. The molecule has 0 aliphatic carbocycles. The van der Waals surface area contributed by atoms with E-state index in [-0.39, 0.29) is 13.2 Å². The van der Waals surface area contributed by atoms with Crippen LogP contribution in [-0.2, 0) is 17.9 Å². The maximum atomic E-state index is 11.4. The molecule has 3 aromatic rings. The summed E-state index contributed by atoms with van der Waals surface area (Å²) in [4.78, 5) is 22.7. The first-order valence-electron chi connectivity index (χ1n) is 7.56. The summed E-state index contributed by atoms with van der Waals surface area (Å²) in [6.45, 7) is 0.368. The van der Waals surface area contributed by atoms with Crippen LogP contribution >= 0.6 is 0 Å². The van der Waals surface area contributed by atoms with Crippen LogP contribution in [0.3, 0.4) is 0 Å². The predicted octanol–water partition coefficient (Wildman–Crippen LogP) is 1.35. The minimum absolute atomic E-state index is 0.178. The Morgan fingerprint density at radius 2 is 2.08 bits per heavy atom. The minimum Gasteiger partial charge on any atom is -0.502 e. The number of rotatable bonds is 6. The summed E-state index contributed by atoms with van der Waals surface area (Å²) in [7, 11) is 1.32. The van der Waals surface area contributed by atoms with Gasteiger partial charge in [0.15, 0.2) is 5.75 Å². The molecule has 9 nitrogen and oxygen atoms in total. The fraction of sp³-hybridized carbons (Fsp3) is 0.176. The third-order valence-electron chi connectivity index (χ3n) is 3.43. The Hall–Kier alpha value is -3.62. The summed E-state index contributed by atoms with van der Waals surface area (Å²) in [6.07, 6.45) is 2.63. The van der Waals surface area contributed by atoms with Gasteiger partial charge in [0.1, 0.15) is 36.6 Å². The molecule has 2 aromatic heterocycles. The van der Waals surface area contributed by atoms with Crippen molar-refractivity contribution in [2.24, 2.45) is 0 Å². The van der Waals surface area contributed by atoms with E-state index in [1.807, 2.05) is 0 Å². The van der Waals surface area contributed by atoms with Crippen molar-refractivity contribution in [1.29, 1.82) is 0 Å². The van der Waals surface area contributed by atoms with E-state index < -0.39 is 17.1 Å². The third-order valence-corrected chi connectivity index (χ3v) is 3.43. The molecule has 134 valence electrons. The number of hydrogen-bond donors (Lipinski definition) is 1. The highest BCUT2D eigenvalue weighted by Crippen LogP contribution is 2.14. The summed E-state index contributed by atoms with van der Waals surface area (Å²) in [6, 6.07) is 7.70. The highest BCUT2D eigenvalue weighted by atomic mass is 16.5. The fourth-order valence-electron chi connectivity index (χ4n) is 2.13. The van der Waals surface area contributed by atoms with Crippen molar-refractivity contribution < 1.29 is 23.8 Å². The Balaban J connectivity index is 1.59. The molecule has 0 spiro atoms. The van der Waals surface area contributed by atoms with Gasteiger partial charge in [-0.25, -0.2) is 9.48 Å². The van der Waals surface area contributed by atoms with E-state index in [0.29, 0.717) is 22.8 Å². The van der Waals surface area contributed by atoms with Crippen LogP contribution in [0.15, 0.2) is 52.0 Å². The number of aromatic hydroxyl groups is 1. The van der Waals surface area contributed by atoms with Gasteiger partial charge in [-0.15, -0.1) is 5.10 Å². The van der Waals surface area contributed by atoms with Crippen LogP contribution in [-0.4, -0.2) is 33.2 Å². The number of carbonyl (C=O) groups is 1. The Morgan fingerprint density at radius 1 is 1.31 bits per heavy atom. The van der Waals surface area contributed by atoms with E-state index in [1.54, 1.807) is 30.5 Å². The van der Waals surface area contributed by atoms with Gasteiger partial charge in [0.2, 0.25) is 5.43 Å². The molecule has 0 fully saturated rings. The molecule has 0 amide bonds. The average Bonchev–Trinajstić information content (AvgIpc) is 3.10. The summed E-state index contributed by atoms with van der Waals surface area (Å²) in [5.41, 5.74) is 0.481. The number of hydrogen-bond acceptors (Lipinski definition) is 8. The molecule has 0 saturated heterocycles. The van der Waals surface area contributed by atoms with Gasteiger partial charge in [-0.3, -0.25) is 4.79 Å². The van der Waals surface area contributed by atoms with Gasteiger partial charge < -0.3 is 19.0 Å². The minimum atomic E-state index is -0.523. The zero-order valence-electron chi connectivity index (χ0n) is 13.8. The van der Waals surface area contributed by atoms with Crippen molar-refractivity contribution >= 4 is 5.97 Å². The number of carbonyl (C=O) groups excluding carboxylic acids is 1. The molecule has 1 aromatic carbocycles. The second-order valence-electron chi connectivity index (χ2n) is 5.31. The molecule has 3 rings (SSSR count). The number of benzene rings is 1. The van der Waals surface area contributed by atoms with Gasteiger partial charge in [-0.05, 0) is 24.3 Å². The van der Waals surface area contributed by atoms with Crippen LogP contribution in [0.4, 0.5) is 0 Å². The van der Waals surface area contributed by atoms with Gasteiger partial charge in [0, 0.05) is 6.07 Å². The lowest BCUT2D eigenvalue weighted by atomic mass is 10.2. The zero-order valence-corrected chi connectivity index (χ0v) is 13.8. The number of methoxy groups -OCH3 is 1. The van der Waals surface area contributed by atoms with Gasteiger partial charge in [0.05, 0.1) is 18.9 Å². The van der Waals surface area contributed by atoms with E-state index >= 15 is 0 Å². The van der Waals surface area contributed by atoms with Crippen molar-refractivity contribution in [3.8, 4) is 11.5 Å². The largest absolute Gasteiger partial charge is 0.502 e. The Kier molecular flexibility index (Phi) is 4.97. The van der Waals surface area contributed by atoms with E-state index in [0.717, 1.165) is 6.26 Å². The van der Waals surface area contributed by atoms with Crippen LogP contribution in [0.1, 0.15) is 21.8 Å². The number of ether oxygens (including phenoxy) is 2. The summed E-state index contributed by atoms with van der Waals surface area (Å²) < 4.78 is 16.8. The van der Waals surface area contributed by atoms with Gasteiger partial charge in [-0.1, -0.05) is 5.21 Å². The van der Waals surface area contributed by atoms with Crippen molar-refractivity contribution in [3.63, 3.8) is 0 Å². The highest BCUT2D eigenvalue weighted by molar-refractivity contribution is 5.89. The normalized spacial score (nSPS) is 10.5. The molecular weight excluding hydrogens is 342 g/mol. The maximum absolute atomic E-state index is 11.4. The smallest absolute Gasteiger partial charge is 0.337 e. The highest BCUT2D eigenvalue weighted by Gasteiger charge is 2.08. The fourth-order valence-corrected chi connectivity index (χ4v) is 2.13. The van der Waals surface area contributed by atoms with E-state index in [2.05, 4.69) is 15.0 Å². The van der Waals surface area contributed by atoms with Gasteiger partial charge in [-0.2, -0.15) is 0 Å². The summed E-state index contributed by atoms with van der Waals surface area (Å²) >= 11 is 0. The molecule has 0 aliphatic heterocycles. The Morgan fingerprint density at radius 3 is 2.77 bits per heavy atom. The van der Waals surface area contributed by atoms with Gasteiger partial charge in [0.25, 0.3) is 0 Å². The lowest BCUT2D eigenvalue weighted by molar-refractivity contribution is 0.0600. The standard InChI is InChI=1S/C17H15N3O6/c1-24-17(23)11-2-4-13(5-3-11)25-9-12-7-20(19-18-12)8-14-6-15(21)16(22)10-26-14/h2-7,10,22H,8-9H2,1H3. The molecular formula is C17H15N3O6. The van der Waals surface area contributed by atoms with E-state index in [1.165, 1.54) is 17.9 Å². The second kappa shape index (κ2) is 7.51. The second-order valence-corrected chi connectivity index (χ2v) is 5.31. The molecule has 9 heteroatoms. The van der Waals surface area contributed by atoms with Gasteiger partial charge >= 0.3 is 5.97 Å². The summed E-state index contributed by atoms with van der Waals surface area (Å²) in [5, 5.41) is 17.1. The van der Waals surface area contributed by atoms with Crippen molar-refractivity contribution in [3.05, 3.63) is 70.0 Å². The van der Waals surface area contributed by atoms with E-state index in [9.17, 15) is 14.7 Å². The number of aromatic nitrogens is 3. The third kappa shape index (κ3) is 4.07. The van der Waals surface area contributed by atoms with Crippen LogP contribution in [0.2, 0.25) is 0 Å². The maximum Gasteiger partial charge on any atom is 0.337 e. The molecule has 0 aliphatic rings. The Bertz CT molecular complexity index is 961. The molecule has 0 radical (unpaired) electrons. The molecule has 0 unspecified atom stereocenters. The van der Waals surface area contributed by atoms with E-state index in [4.69, 9.17) is 9.15 Å². The first-order chi connectivity index (χ1) is 12.5. The topological polar surface area (TPSA) is 117 Å². The SMILES string of the molecule is COC(=O)c1ccc(OCc2cn(Cc3cc(=O)c(O)co3)nn2)cc1. The average molecular weight is 357 g/mol. The monoisotopic (exact) mass is 357 g/mol. The first kappa shape index (κ1) is 17.2. The molecule has 2 heterocycles. The molecule has 0 bridgehead atoms. The number of esters is 1. The first-order valence-corrected chi connectivity index (χ1v) is 7.56. The Labute approximate surface area is 147 Å².